The second-order valence-electron chi connectivity index (χ2n) is 5.15. The van der Waals surface area contributed by atoms with Crippen LogP contribution in [0.2, 0.25) is 0 Å². The molecule has 1 N–H and O–H groups in total. The van der Waals surface area contributed by atoms with Gasteiger partial charge in [-0.25, -0.2) is 0 Å². The Kier molecular flexibility index (Phi) is 5.53. The number of methoxy groups -OCH3 is 1. The van der Waals surface area contributed by atoms with Gasteiger partial charge in [-0.3, -0.25) is 0 Å². The summed E-state index contributed by atoms with van der Waals surface area (Å²) in [6.45, 7) is 8.38. The van der Waals surface area contributed by atoms with E-state index in [4.69, 9.17) is 9.47 Å². The largest absolute Gasteiger partial charge is 0.493 e. The summed E-state index contributed by atoms with van der Waals surface area (Å²) >= 11 is 0. The van der Waals surface area contributed by atoms with Crippen LogP contribution >= 0.6 is 0 Å². The highest BCUT2D eigenvalue weighted by Crippen LogP contribution is 2.31. The lowest BCUT2D eigenvalue weighted by Crippen LogP contribution is -2.38. The molecule has 1 aliphatic rings. The van der Waals surface area contributed by atoms with Crippen LogP contribution in [0.4, 0.5) is 5.69 Å². The van der Waals surface area contributed by atoms with Gasteiger partial charge in [0.1, 0.15) is 0 Å². The molecule has 0 unspecified atom stereocenters. The van der Waals surface area contributed by atoms with E-state index in [2.05, 4.69) is 23.2 Å². The van der Waals surface area contributed by atoms with Crippen LogP contribution in [0.5, 0.6) is 11.5 Å². The molecule has 1 saturated heterocycles. The number of anilines is 1. The Morgan fingerprint density at radius 3 is 2.55 bits per heavy atom. The lowest BCUT2D eigenvalue weighted by molar-refractivity contribution is 0.229. The quantitative estimate of drug-likeness (QED) is 0.867. The van der Waals surface area contributed by atoms with Crippen LogP contribution in [-0.4, -0.2) is 44.3 Å². The van der Waals surface area contributed by atoms with Gasteiger partial charge in [0.05, 0.1) is 13.7 Å². The first-order chi connectivity index (χ1) is 9.76. The molecule has 0 aliphatic carbocycles. The van der Waals surface area contributed by atoms with E-state index in [0.717, 1.165) is 23.7 Å². The van der Waals surface area contributed by atoms with Crippen molar-refractivity contribution in [1.29, 1.82) is 0 Å². The van der Waals surface area contributed by atoms with Crippen LogP contribution in [0.1, 0.15) is 26.7 Å². The molecular weight excluding hydrogens is 252 g/mol. The van der Waals surface area contributed by atoms with E-state index in [1.807, 2.05) is 19.1 Å². The first-order valence-corrected chi connectivity index (χ1v) is 7.56. The molecule has 4 heteroatoms. The number of benzene rings is 1. The Morgan fingerprint density at radius 2 is 1.95 bits per heavy atom. The number of nitrogens with one attached hydrogen (secondary N) is 1. The Morgan fingerprint density at radius 1 is 1.20 bits per heavy atom. The molecule has 4 nitrogen and oxygen atoms in total. The third-order valence-electron chi connectivity index (χ3n) is 3.87. The SMILES string of the molecule is CCOc1ccc(NC2CCN(CC)CC2)cc1OC. The van der Waals surface area contributed by atoms with Crippen LogP contribution < -0.4 is 14.8 Å². The third-order valence-corrected chi connectivity index (χ3v) is 3.87. The zero-order valence-electron chi connectivity index (χ0n) is 12.8. The topological polar surface area (TPSA) is 33.7 Å². The van der Waals surface area contributed by atoms with Gasteiger partial charge in [-0.2, -0.15) is 0 Å². The molecule has 20 heavy (non-hydrogen) atoms. The standard InChI is InChI=1S/C16H26N2O2/c1-4-18-10-8-13(9-11-18)17-14-6-7-15(20-5-2)16(12-14)19-3/h6-7,12-13,17H,4-5,8-11H2,1-3H3. The Hall–Kier alpha value is -1.42. The lowest BCUT2D eigenvalue weighted by atomic mass is 10.0. The minimum absolute atomic E-state index is 0.556. The summed E-state index contributed by atoms with van der Waals surface area (Å²) in [6.07, 6.45) is 2.40. The van der Waals surface area contributed by atoms with Crippen molar-refractivity contribution in [3.05, 3.63) is 18.2 Å². The molecule has 1 fully saturated rings. The van der Waals surface area contributed by atoms with Crippen molar-refractivity contribution >= 4 is 5.69 Å². The maximum absolute atomic E-state index is 5.54. The molecule has 1 aliphatic heterocycles. The van der Waals surface area contributed by atoms with E-state index in [9.17, 15) is 0 Å². The Balaban J connectivity index is 1.96. The highest BCUT2D eigenvalue weighted by molar-refractivity contribution is 5.55. The van der Waals surface area contributed by atoms with Gasteiger partial charge in [0.15, 0.2) is 11.5 Å². The van der Waals surface area contributed by atoms with Crippen molar-refractivity contribution < 1.29 is 9.47 Å². The molecule has 1 heterocycles. The van der Waals surface area contributed by atoms with Crippen LogP contribution in [0, 0.1) is 0 Å². The monoisotopic (exact) mass is 278 g/mol. The number of hydrogen-bond donors (Lipinski definition) is 1. The summed E-state index contributed by atoms with van der Waals surface area (Å²) in [7, 11) is 1.68. The molecule has 0 radical (unpaired) electrons. The van der Waals surface area contributed by atoms with Crippen molar-refractivity contribution in [2.24, 2.45) is 0 Å². The van der Waals surface area contributed by atoms with E-state index >= 15 is 0 Å². The van der Waals surface area contributed by atoms with Gasteiger partial charge in [-0.15, -0.1) is 0 Å². The molecule has 0 saturated carbocycles. The molecule has 0 atom stereocenters. The molecular formula is C16H26N2O2. The fraction of sp³-hybridized carbons (Fsp3) is 0.625. The molecule has 112 valence electrons. The summed E-state index contributed by atoms with van der Waals surface area (Å²) in [6, 6.07) is 6.63. The van der Waals surface area contributed by atoms with E-state index in [1.165, 1.54) is 25.9 Å². The number of likely N-dealkylation sites (tertiary alicyclic amines) is 1. The predicted octanol–water partition coefficient (Wildman–Crippen LogP) is 2.99. The van der Waals surface area contributed by atoms with Gasteiger partial charge in [0.25, 0.3) is 0 Å². The van der Waals surface area contributed by atoms with Crippen molar-refractivity contribution in [2.45, 2.75) is 32.7 Å². The van der Waals surface area contributed by atoms with Gasteiger partial charge in [-0.1, -0.05) is 6.92 Å². The van der Waals surface area contributed by atoms with Crippen molar-refractivity contribution in [2.75, 3.05) is 38.7 Å². The van der Waals surface area contributed by atoms with Crippen molar-refractivity contribution in [3.63, 3.8) is 0 Å². The third kappa shape index (κ3) is 3.79. The zero-order valence-corrected chi connectivity index (χ0v) is 12.8. The van der Waals surface area contributed by atoms with Crippen LogP contribution in [-0.2, 0) is 0 Å². The molecule has 2 rings (SSSR count). The summed E-state index contributed by atoms with van der Waals surface area (Å²) in [5.41, 5.74) is 1.11. The lowest BCUT2D eigenvalue weighted by Gasteiger charge is -2.32. The van der Waals surface area contributed by atoms with E-state index in [-0.39, 0.29) is 0 Å². The first-order valence-electron chi connectivity index (χ1n) is 7.56. The summed E-state index contributed by atoms with van der Waals surface area (Å²) < 4.78 is 10.9. The average molecular weight is 278 g/mol. The molecule has 0 amide bonds. The zero-order chi connectivity index (χ0) is 14.4. The van der Waals surface area contributed by atoms with E-state index in [1.54, 1.807) is 7.11 Å². The van der Waals surface area contributed by atoms with Crippen LogP contribution in [0.25, 0.3) is 0 Å². The van der Waals surface area contributed by atoms with Gasteiger partial charge in [-0.05, 0) is 38.4 Å². The van der Waals surface area contributed by atoms with Gasteiger partial charge in [0, 0.05) is 30.9 Å². The number of nitrogens with zero attached hydrogens (tertiary/aromatic N) is 1. The molecule has 1 aromatic carbocycles. The normalized spacial score (nSPS) is 16.9. The van der Waals surface area contributed by atoms with Crippen LogP contribution in [0.15, 0.2) is 18.2 Å². The molecule has 1 aromatic rings. The average Bonchev–Trinajstić information content (AvgIpc) is 2.50. The minimum Gasteiger partial charge on any atom is -0.493 e. The molecule has 0 bridgehead atoms. The predicted molar refractivity (Wildman–Crippen MR) is 82.9 cm³/mol. The highest BCUT2D eigenvalue weighted by atomic mass is 16.5. The number of rotatable bonds is 6. The van der Waals surface area contributed by atoms with Crippen LogP contribution in [0.3, 0.4) is 0 Å². The minimum atomic E-state index is 0.556. The fourth-order valence-corrected chi connectivity index (χ4v) is 2.66. The van der Waals surface area contributed by atoms with Gasteiger partial charge < -0.3 is 19.7 Å². The first kappa shape index (κ1) is 15.0. The summed E-state index contributed by atoms with van der Waals surface area (Å²) in [4.78, 5) is 2.50. The van der Waals surface area contributed by atoms with Crippen molar-refractivity contribution in [3.8, 4) is 11.5 Å². The summed E-state index contributed by atoms with van der Waals surface area (Å²) in [5, 5.41) is 3.61. The highest BCUT2D eigenvalue weighted by Gasteiger charge is 2.18. The summed E-state index contributed by atoms with van der Waals surface area (Å²) in [5.74, 6) is 1.60. The maximum atomic E-state index is 5.54. The number of piperidine rings is 1. The molecule has 0 spiro atoms. The second kappa shape index (κ2) is 7.39. The van der Waals surface area contributed by atoms with Gasteiger partial charge in [0.2, 0.25) is 0 Å². The molecule has 0 aromatic heterocycles. The maximum Gasteiger partial charge on any atom is 0.162 e. The fourth-order valence-electron chi connectivity index (χ4n) is 2.66. The smallest absolute Gasteiger partial charge is 0.162 e. The van der Waals surface area contributed by atoms with E-state index < -0.39 is 0 Å². The Labute approximate surface area is 122 Å². The Bertz CT molecular complexity index is 415. The number of hydrogen-bond acceptors (Lipinski definition) is 4. The van der Waals surface area contributed by atoms with Gasteiger partial charge >= 0.3 is 0 Å². The van der Waals surface area contributed by atoms with Crippen molar-refractivity contribution in [1.82, 2.24) is 4.90 Å². The second-order valence-corrected chi connectivity index (χ2v) is 5.15. The number of ether oxygens (including phenoxy) is 2. The van der Waals surface area contributed by atoms with E-state index in [0.29, 0.717) is 12.6 Å².